The first-order chi connectivity index (χ1) is 7.78. The van der Waals surface area contributed by atoms with Crippen LogP contribution in [0.4, 0.5) is 18.0 Å². The molecular formula is C10H11F3N2O2. The van der Waals surface area contributed by atoms with E-state index in [1.165, 1.54) is 36.2 Å². The van der Waals surface area contributed by atoms with E-state index in [-0.39, 0.29) is 12.3 Å². The minimum Gasteiger partial charge on any atom is -0.406 e. The quantitative estimate of drug-likeness (QED) is 0.890. The third-order valence-electron chi connectivity index (χ3n) is 1.95. The second-order valence-corrected chi connectivity index (χ2v) is 3.39. The van der Waals surface area contributed by atoms with Crippen molar-refractivity contribution in [2.45, 2.75) is 12.9 Å². The highest BCUT2D eigenvalue weighted by Gasteiger charge is 2.30. The van der Waals surface area contributed by atoms with E-state index in [1.807, 2.05) is 0 Å². The second-order valence-electron chi connectivity index (χ2n) is 3.39. The number of nitrogens with zero attached hydrogens (tertiary/aromatic N) is 1. The van der Waals surface area contributed by atoms with E-state index in [9.17, 15) is 18.0 Å². The van der Waals surface area contributed by atoms with Gasteiger partial charge in [0.2, 0.25) is 0 Å². The fourth-order valence-electron chi connectivity index (χ4n) is 1.15. The Morgan fingerprint density at radius 3 is 2.29 bits per heavy atom. The van der Waals surface area contributed by atoms with Crippen molar-refractivity contribution in [2.75, 3.05) is 7.05 Å². The Bertz CT molecular complexity index is 390. The Hall–Kier alpha value is -1.92. The zero-order valence-corrected chi connectivity index (χ0v) is 8.99. The summed E-state index contributed by atoms with van der Waals surface area (Å²) in [5, 5.41) is 0. The number of ether oxygens (including phenoxy) is 1. The SMILES string of the molecule is CN(Cc1ccc(OC(F)(F)F)cc1)C(N)=O. The predicted octanol–water partition coefficient (Wildman–Crippen LogP) is 2.10. The molecule has 0 unspecified atom stereocenters. The number of primary amides is 1. The maximum atomic E-state index is 11.9. The van der Waals surface area contributed by atoms with Gasteiger partial charge in [0.25, 0.3) is 0 Å². The third kappa shape index (κ3) is 4.62. The van der Waals surface area contributed by atoms with Crippen LogP contribution in [0.25, 0.3) is 0 Å². The molecule has 94 valence electrons. The van der Waals surface area contributed by atoms with Crippen LogP contribution in [0.5, 0.6) is 5.75 Å². The van der Waals surface area contributed by atoms with Gasteiger partial charge < -0.3 is 15.4 Å². The summed E-state index contributed by atoms with van der Waals surface area (Å²) in [5.74, 6) is -0.303. The molecule has 0 bridgehead atoms. The molecule has 4 nitrogen and oxygen atoms in total. The van der Waals surface area contributed by atoms with Crippen LogP contribution >= 0.6 is 0 Å². The Labute approximate surface area is 95.8 Å². The third-order valence-corrected chi connectivity index (χ3v) is 1.95. The topological polar surface area (TPSA) is 55.6 Å². The van der Waals surface area contributed by atoms with Gasteiger partial charge in [-0.05, 0) is 17.7 Å². The molecule has 0 aromatic heterocycles. The zero-order valence-electron chi connectivity index (χ0n) is 8.99. The molecule has 0 aliphatic rings. The van der Waals surface area contributed by atoms with E-state index in [4.69, 9.17) is 5.73 Å². The lowest BCUT2D eigenvalue weighted by Gasteiger charge is -2.14. The highest BCUT2D eigenvalue weighted by Crippen LogP contribution is 2.22. The molecule has 0 fully saturated rings. The van der Waals surface area contributed by atoms with E-state index in [2.05, 4.69) is 4.74 Å². The van der Waals surface area contributed by atoms with Crippen molar-refractivity contribution < 1.29 is 22.7 Å². The molecule has 2 amide bonds. The molecule has 1 rings (SSSR count). The van der Waals surface area contributed by atoms with Gasteiger partial charge in [-0.15, -0.1) is 13.2 Å². The van der Waals surface area contributed by atoms with Crippen LogP contribution in [0.2, 0.25) is 0 Å². The van der Waals surface area contributed by atoms with Crippen molar-refractivity contribution in [1.29, 1.82) is 0 Å². The minimum atomic E-state index is -4.70. The van der Waals surface area contributed by atoms with Crippen LogP contribution in [0.1, 0.15) is 5.56 Å². The second kappa shape index (κ2) is 4.94. The summed E-state index contributed by atoms with van der Waals surface area (Å²) >= 11 is 0. The fourth-order valence-corrected chi connectivity index (χ4v) is 1.15. The molecule has 0 atom stereocenters. The summed E-state index contributed by atoms with van der Waals surface area (Å²) < 4.78 is 39.3. The summed E-state index contributed by atoms with van der Waals surface area (Å²) in [6.45, 7) is 0.224. The highest BCUT2D eigenvalue weighted by molar-refractivity contribution is 5.71. The Morgan fingerprint density at radius 2 is 1.88 bits per heavy atom. The van der Waals surface area contributed by atoms with Gasteiger partial charge in [0.05, 0.1) is 0 Å². The smallest absolute Gasteiger partial charge is 0.406 e. The van der Waals surface area contributed by atoms with Gasteiger partial charge >= 0.3 is 12.4 Å². The van der Waals surface area contributed by atoms with Crippen molar-refractivity contribution in [2.24, 2.45) is 5.73 Å². The van der Waals surface area contributed by atoms with Crippen molar-refractivity contribution in [1.82, 2.24) is 4.90 Å². The maximum Gasteiger partial charge on any atom is 0.573 e. The molecule has 17 heavy (non-hydrogen) atoms. The van der Waals surface area contributed by atoms with E-state index >= 15 is 0 Å². The number of carbonyl (C=O) groups excluding carboxylic acids is 1. The first kappa shape index (κ1) is 13.1. The minimum absolute atomic E-state index is 0.224. The molecule has 0 radical (unpaired) electrons. The van der Waals surface area contributed by atoms with Gasteiger partial charge in [-0.1, -0.05) is 12.1 Å². The van der Waals surface area contributed by atoms with Crippen molar-refractivity contribution >= 4 is 6.03 Å². The zero-order chi connectivity index (χ0) is 13.1. The molecule has 1 aromatic carbocycles. The molecule has 0 saturated heterocycles. The van der Waals surface area contributed by atoms with Crippen LogP contribution in [0.15, 0.2) is 24.3 Å². The first-order valence-corrected chi connectivity index (χ1v) is 4.63. The average molecular weight is 248 g/mol. The van der Waals surface area contributed by atoms with Crippen molar-refractivity contribution in [3.63, 3.8) is 0 Å². The number of nitrogens with two attached hydrogens (primary N) is 1. The number of rotatable bonds is 3. The Morgan fingerprint density at radius 1 is 1.35 bits per heavy atom. The monoisotopic (exact) mass is 248 g/mol. The van der Waals surface area contributed by atoms with E-state index in [0.29, 0.717) is 5.56 Å². The van der Waals surface area contributed by atoms with E-state index in [0.717, 1.165) is 0 Å². The Balaban J connectivity index is 2.65. The summed E-state index contributed by atoms with van der Waals surface area (Å²) in [4.78, 5) is 12.0. The average Bonchev–Trinajstić information content (AvgIpc) is 2.18. The van der Waals surface area contributed by atoms with Crippen molar-refractivity contribution in [3.8, 4) is 5.75 Å². The van der Waals surface area contributed by atoms with Crippen LogP contribution < -0.4 is 10.5 Å². The summed E-state index contributed by atoms with van der Waals surface area (Å²) in [5.41, 5.74) is 5.66. The van der Waals surface area contributed by atoms with Gasteiger partial charge in [-0.25, -0.2) is 4.79 Å². The number of halogens is 3. The summed E-state index contributed by atoms with van der Waals surface area (Å²) in [6, 6.07) is 4.61. The number of urea groups is 1. The molecule has 0 spiro atoms. The molecule has 7 heteroatoms. The molecule has 0 heterocycles. The van der Waals surface area contributed by atoms with Gasteiger partial charge in [0, 0.05) is 13.6 Å². The van der Waals surface area contributed by atoms with Crippen LogP contribution in [0.3, 0.4) is 0 Å². The maximum absolute atomic E-state index is 11.9. The summed E-state index contributed by atoms with van der Waals surface area (Å²) in [6.07, 6.45) is -4.70. The van der Waals surface area contributed by atoms with Crippen molar-refractivity contribution in [3.05, 3.63) is 29.8 Å². The standard InChI is InChI=1S/C10H11F3N2O2/c1-15(9(14)16)6-7-2-4-8(5-3-7)17-10(11,12)13/h2-5H,6H2,1H3,(H2,14,16). The molecular weight excluding hydrogens is 237 g/mol. The van der Waals surface area contributed by atoms with Gasteiger partial charge in [0.15, 0.2) is 0 Å². The normalized spacial score (nSPS) is 11.1. The lowest BCUT2D eigenvalue weighted by Crippen LogP contribution is -2.31. The van der Waals surface area contributed by atoms with E-state index < -0.39 is 12.4 Å². The number of hydrogen-bond donors (Lipinski definition) is 1. The Kier molecular flexibility index (Phi) is 3.82. The molecule has 0 aliphatic heterocycles. The predicted molar refractivity (Wildman–Crippen MR) is 54.2 cm³/mol. The number of hydrogen-bond acceptors (Lipinski definition) is 2. The van der Waals surface area contributed by atoms with Gasteiger partial charge in [0.1, 0.15) is 5.75 Å². The molecule has 1 aromatic rings. The lowest BCUT2D eigenvalue weighted by atomic mass is 10.2. The number of amides is 2. The van der Waals surface area contributed by atoms with Gasteiger partial charge in [-0.3, -0.25) is 0 Å². The van der Waals surface area contributed by atoms with Crippen LogP contribution in [-0.4, -0.2) is 24.3 Å². The number of alkyl halides is 3. The molecule has 0 aliphatic carbocycles. The largest absolute Gasteiger partial charge is 0.573 e. The van der Waals surface area contributed by atoms with E-state index in [1.54, 1.807) is 0 Å². The first-order valence-electron chi connectivity index (χ1n) is 4.63. The number of benzene rings is 1. The highest BCUT2D eigenvalue weighted by atomic mass is 19.4. The lowest BCUT2D eigenvalue weighted by molar-refractivity contribution is -0.274. The summed E-state index contributed by atoms with van der Waals surface area (Å²) in [7, 11) is 1.49. The van der Waals surface area contributed by atoms with Crippen LogP contribution in [0, 0.1) is 0 Å². The number of carbonyl (C=O) groups is 1. The van der Waals surface area contributed by atoms with Crippen LogP contribution in [-0.2, 0) is 6.54 Å². The van der Waals surface area contributed by atoms with Gasteiger partial charge in [-0.2, -0.15) is 0 Å². The fraction of sp³-hybridized carbons (Fsp3) is 0.300. The molecule has 0 saturated carbocycles. The molecule has 2 N–H and O–H groups in total.